The lowest BCUT2D eigenvalue weighted by Crippen LogP contribution is -2.42. The molecule has 1 amide bonds. The second-order valence-electron chi connectivity index (χ2n) is 8.20. The topological polar surface area (TPSA) is 71.0 Å². The first-order chi connectivity index (χ1) is 15.8. The van der Waals surface area contributed by atoms with Crippen LogP contribution in [0.1, 0.15) is 39.8 Å². The number of benzene rings is 1. The number of rotatable bonds is 6. The van der Waals surface area contributed by atoms with E-state index >= 15 is 0 Å². The van der Waals surface area contributed by atoms with E-state index in [2.05, 4.69) is 37.3 Å². The van der Waals surface area contributed by atoms with Crippen molar-refractivity contribution in [1.29, 1.82) is 0 Å². The Morgan fingerprint density at radius 1 is 1.06 bits per heavy atom. The first-order valence-electron chi connectivity index (χ1n) is 10.9. The van der Waals surface area contributed by atoms with E-state index in [1.807, 2.05) is 41.8 Å². The number of carbonyl (C=O) groups excluding carboxylic acids is 1. The maximum atomic E-state index is 12.9. The van der Waals surface area contributed by atoms with Crippen molar-refractivity contribution in [3.8, 4) is 0 Å². The average molecular weight is 444 g/mol. The molecule has 5 rings (SSSR count). The van der Waals surface area contributed by atoms with E-state index in [4.69, 9.17) is 0 Å². The van der Waals surface area contributed by atoms with E-state index in [1.165, 1.54) is 16.9 Å². The minimum atomic E-state index is -0.115. The summed E-state index contributed by atoms with van der Waals surface area (Å²) in [7, 11) is 0. The lowest BCUT2D eigenvalue weighted by atomic mass is 9.88. The molecule has 0 spiro atoms. The lowest BCUT2D eigenvalue weighted by molar-refractivity contribution is 0.0879. The van der Waals surface area contributed by atoms with E-state index < -0.39 is 0 Å². The van der Waals surface area contributed by atoms with Crippen LogP contribution in [-0.2, 0) is 6.54 Å². The van der Waals surface area contributed by atoms with Crippen molar-refractivity contribution in [3.05, 3.63) is 88.6 Å². The molecular weight excluding hydrogens is 418 g/mol. The highest BCUT2D eigenvalue weighted by Gasteiger charge is 2.31. The quantitative estimate of drug-likeness (QED) is 0.476. The molecule has 4 aromatic rings. The zero-order valence-electron chi connectivity index (χ0n) is 17.7. The van der Waals surface area contributed by atoms with E-state index in [0.717, 1.165) is 54.1 Å². The fourth-order valence-corrected chi connectivity index (χ4v) is 5.11. The minimum absolute atomic E-state index is 0.0270. The van der Waals surface area contributed by atoms with Crippen LogP contribution in [0.2, 0.25) is 0 Å². The molecule has 1 fully saturated rings. The number of thiophene rings is 1. The Labute approximate surface area is 191 Å². The van der Waals surface area contributed by atoms with Crippen molar-refractivity contribution in [2.24, 2.45) is 5.92 Å². The smallest absolute Gasteiger partial charge is 0.261 e. The van der Waals surface area contributed by atoms with Gasteiger partial charge in [-0.2, -0.15) is 0 Å². The molecule has 0 radical (unpaired) electrons. The van der Waals surface area contributed by atoms with Gasteiger partial charge in [-0.05, 0) is 66.6 Å². The number of likely N-dealkylation sites (tertiary alicyclic amines) is 1. The zero-order valence-corrected chi connectivity index (χ0v) is 18.5. The van der Waals surface area contributed by atoms with Gasteiger partial charge in [-0.1, -0.05) is 18.2 Å². The fourth-order valence-electron chi connectivity index (χ4n) is 4.49. The summed E-state index contributed by atoms with van der Waals surface area (Å²) in [6, 6.07) is 15.9. The molecule has 0 saturated carbocycles. The van der Waals surface area contributed by atoms with Crippen molar-refractivity contribution in [1.82, 2.24) is 25.2 Å². The van der Waals surface area contributed by atoms with Gasteiger partial charge in [0.2, 0.25) is 0 Å². The number of hydrogen-bond donors (Lipinski definition) is 1. The van der Waals surface area contributed by atoms with Crippen LogP contribution in [-0.4, -0.2) is 38.8 Å². The van der Waals surface area contributed by atoms with Gasteiger partial charge in [-0.15, -0.1) is 11.3 Å². The molecule has 4 heterocycles. The predicted molar refractivity (Wildman–Crippen MR) is 126 cm³/mol. The number of hydrogen-bond acceptors (Lipinski definition) is 6. The maximum absolute atomic E-state index is 12.9. The molecule has 0 unspecified atom stereocenters. The molecule has 3 aromatic heterocycles. The van der Waals surface area contributed by atoms with E-state index in [9.17, 15) is 4.79 Å². The molecule has 7 heteroatoms. The molecule has 1 N–H and O–H groups in total. The minimum Gasteiger partial charge on any atom is -0.343 e. The van der Waals surface area contributed by atoms with Crippen molar-refractivity contribution in [2.75, 3.05) is 13.1 Å². The normalized spacial score (nSPS) is 17.8. The van der Waals surface area contributed by atoms with Crippen molar-refractivity contribution < 1.29 is 4.79 Å². The summed E-state index contributed by atoms with van der Waals surface area (Å²) < 4.78 is 0. The van der Waals surface area contributed by atoms with Gasteiger partial charge in [0.25, 0.3) is 5.91 Å². The van der Waals surface area contributed by atoms with Crippen LogP contribution in [0.15, 0.2) is 72.5 Å². The summed E-state index contributed by atoms with van der Waals surface area (Å²) in [6.07, 6.45) is 7.41. The highest BCUT2D eigenvalue weighted by atomic mass is 32.1. The van der Waals surface area contributed by atoms with Crippen LogP contribution >= 0.6 is 11.3 Å². The standard InChI is InChI=1S/C25H25N5OS/c31-25(23-7-4-14-32-23)29-24(21-6-1-2-10-26-21)19-5-3-13-30(17-19)16-18-8-9-20-22(15-18)28-12-11-27-20/h1-2,4,6-12,14-15,19,24H,3,5,13,16-17H2,(H,29,31)/t19-,24+/m1/s1. The second-order valence-corrected chi connectivity index (χ2v) is 9.15. The van der Waals surface area contributed by atoms with E-state index in [0.29, 0.717) is 5.92 Å². The Morgan fingerprint density at radius 2 is 1.97 bits per heavy atom. The van der Waals surface area contributed by atoms with Gasteiger partial charge in [-0.25, -0.2) is 0 Å². The van der Waals surface area contributed by atoms with Crippen LogP contribution in [0.3, 0.4) is 0 Å². The molecule has 1 aromatic carbocycles. The molecular formula is C25H25N5OS. The third kappa shape index (κ3) is 4.69. The van der Waals surface area contributed by atoms with E-state index in [-0.39, 0.29) is 11.9 Å². The molecule has 6 nitrogen and oxygen atoms in total. The summed E-state index contributed by atoms with van der Waals surface area (Å²) in [4.78, 5) is 29.5. The van der Waals surface area contributed by atoms with Gasteiger partial charge in [0.15, 0.2) is 0 Å². The summed E-state index contributed by atoms with van der Waals surface area (Å²) in [5, 5.41) is 5.21. The van der Waals surface area contributed by atoms with Crippen LogP contribution in [0.5, 0.6) is 0 Å². The molecule has 1 aliphatic rings. The molecule has 0 bridgehead atoms. The highest BCUT2D eigenvalue weighted by Crippen LogP contribution is 2.30. The Kier molecular flexibility index (Phi) is 6.18. The van der Waals surface area contributed by atoms with Gasteiger partial charge < -0.3 is 5.32 Å². The highest BCUT2D eigenvalue weighted by molar-refractivity contribution is 7.12. The third-order valence-corrected chi connectivity index (χ3v) is 6.86. The molecule has 1 saturated heterocycles. The first-order valence-corrected chi connectivity index (χ1v) is 11.8. The summed E-state index contributed by atoms with van der Waals surface area (Å²) in [5.41, 5.74) is 3.99. The Morgan fingerprint density at radius 3 is 2.78 bits per heavy atom. The van der Waals surface area contributed by atoms with Crippen molar-refractivity contribution >= 4 is 28.3 Å². The number of nitrogens with one attached hydrogen (secondary N) is 1. The average Bonchev–Trinajstić information content (AvgIpc) is 3.38. The van der Waals surface area contributed by atoms with Crippen LogP contribution in [0, 0.1) is 5.92 Å². The SMILES string of the molecule is O=C(N[C@H](c1ccccn1)[C@@H]1CCCN(Cc2ccc3nccnc3c2)C1)c1cccs1. The Balaban J connectivity index is 1.34. The second kappa shape index (κ2) is 9.54. The molecule has 162 valence electrons. The predicted octanol–water partition coefficient (Wildman–Crippen LogP) is 4.47. The number of pyridine rings is 1. The van der Waals surface area contributed by atoms with Gasteiger partial charge in [-0.3, -0.25) is 24.6 Å². The Hall–Kier alpha value is -3.16. The lowest BCUT2D eigenvalue weighted by Gasteiger charge is -2.37. The molecule has 1 aliphatic heterocycles. The number of aromatic nitrogens is 3. The largest absolute Gasteiger partial charge is 0.343 e. The fraction of sp³-hybridized carbons (Fsp3) is 0.280. The van der Waals surface area contributed by atoms with Gasteiger partial charge >= 0.3 is 0 Å². The zero-order chi connectivity index (χ0) is 21.8. The number of piperidine rings is 1. The van der Waals surface area contributed by atoms with Gasteiger partial charge in [0.05, 0.1) is 27.6 Å². The van der Waals surface area contributed by atoms with Crippen LogP contribution in [0.25, 0.3) is 11.0 Å². The summed E-state index contributed by atoms with van der Waals surface area (Å²) in [5.74, 6) is 0.267. The number of fused-ring (bicyclic) bond motifs is 1. The molecule has 2 atom stereocenters. The Bertz CT molecular complexity index is 1180. The molecule has 0 aliphatic carbocycles. The van der Waals surface area contributed by atoms with Crippen molar-refractivity contribution in [3.63, 3.8) is 0 Å². The van der Waals surface area contributed by atoms with Crippen LogP contribution in [0.4, 0.5) is 0 Å². The number of amides is 1. The van der Waals surface area contributed by atoms with Crippen LogP contribution < -0.4 is 5.32 Å². The third-order valence-electron chi connectivity index (χ3n) is 5.99. The van der Waals surface area contributed by atoms with Gasteiger partial charge in [0, 0.05) is 31.7 Å². The maximum Gasteiger partial charge on any atom is 0.261 e. The molecule has 32 heavy (non-hydrogen) atoms. The van der Waals surface area contributed by atoms with Gasteiger partial charge in [0.1, 0.15) is 0 Å². The monoisotopic (exact) mass is 443 g/mol. The summed E-state index contributed by atoms with van der Waals surface area (Å²) in [6.45, 7) is 2.81. The first kappa shape index (κ1) is 20.7. The number of nitrogens with zero attached hydrogens (tertiary/aromatic N) is 4. The van der Waals surface area contributed by atoms with E-state index in [1.54, 1.807) is 18.6 Å². The number of carbonyl (C=O) groups is 1. The van der Waals surface area contributed by atoms with Crippen molar-refractivity contribution in [2.45, 2.75) is 25.4 Å². The summed E-state index contributed by atoms with van der Waals surface area (Å²) >= 11 is 1.46.